The molecule has 1 heterocycles. The van der Waals surface area contributed by atoms with Crippen LogP contribution < -0.4 is 4.90 Å². The number of aromatic nitrogens is 2. The number of hydrogen-bond acceptors (Lipinski definition) is 4. The van der Waals surface area contributed by atoms with Gasteiger partial charge in [-0.2, -0.15) is 0 Å². The second kappa shape index (κ2) is 4.89. The number of H-pyrrole nitrogens is 1. The summed E-state index contributed by atoms with van der Waals surface area (Å²) in [5.74, 6) is 0. The van der Waals surface area contributed by atoms with Gasteiger partial charge in [-0.15, -0.1) is 0 Å². The number of hydrogen-bond donors (Lipinski definition) is 1. The highest BCUT2D eigenvalue weighted by Gasteiger charge is 2.23. The Labute approximate surface area is 123 Å². The Bertz CT molecular complexity index is 884. The van der Waals surface area contributed by atoms with Gasteiger partial charge in [-0.05, 0) is 12.1 Å². The third kappa shape index (κ3) is 2.17. The summed E-state index contributed by atoms with van der Waals surface area (Å²) in [5.41, 5.74) is 0.976. The Morgan fingerprint density at radius 3 is 2.43 bits per heavy atom. The van der Waals surface area contributed by atoms with E-state index in [1.165, 1.54) is 12.4 Å². The molecule has 0 fully saturated rings. The van der Waals surface area contributed by atoms with Crippen LogP contribution in [0.3, 0.4) is 0 Å². The van der Waals surface area contributed by atoms with E-state index in [1.54, 1.807) is 12.1 Å². The lowest BCUT2D eigenvalue weighted by Crippen LogP contribution is -2.10. The summed E-state index contributed by atoms with van der Waals surface area (Å²) in [4.78, 5) is 8.77. The predicted octanol–water partition coefficient (Wildman–Crippen LogP) is 2.46. The van der Waals surface area contributed by atoms with Gasteiger partial charge in [-0.25, -0.2) is 13.4 Å². The Morgan fingerprint density at radius 2 is 1.76 bits per heavy atom. The van der Waals surface area contributed by atoms with E-state index < -0.39 is 9.84 Å². The molecule has 6 heteroatoms. The minimum Gasteiger partial charge on any atom is -0.377 e. The monoisotopic (exact) mass is 301 g/mol. The van der Waals surface area contributed by atoms with E-state index in [0.717, 1.165) is 11.1 Å². The second-order valence-electron chi connectivity index (χ2n) is 4.92. The maximum atomic E-state index is 12.7. The number of aromatic amines is 1. The molecule has 108 valence electrons. The highest BCUT2D eigenvalue weighted by molar-refractivity contribution is 7.91. The summed E-state index contributed by atoms with van der Waals surface area (Å²) < 4.78 is 25.4. The number of fused-ring (bicyclic) bond motifs is 1. The molecular weight excluding hydrogens is 286 g/mol. The zero-order chi connectivity index (χ0) is 15.0. The van der Waals surface area contributed by atoms with Crippen LogP contribution in [0, 0.1) is 0 Å². The lowest BCUT2D eigenvalue weighted by molar-refractivity contribution is 0.589. The standard InChI is InChI=1S/C15H15N3O2S/c1-18(2)13-7-3-6-12-11(13)5-4-8-14(12)21(19,20)15-16-9-10-17-15/h3-10H,1-2H3,(H,16,17). The van der Waals surface area contributed by atoms with Crippen LogP contribution in [0.5, 0.6) is 0 Å². The van der Waals surface area contributed by atoms with Gasteiger partial charge in [0.05, 0.1) is 4.90 Å². The molecule has 1 N–H and O–H groups in total. The van der Waals surface area contributed by atoms with Crippen LogP contribution in [0.2, 0.25) is 0 Å². The fourth-order valence-corrected chi connectivity index (χ4v) is 3.75. The summed E-state index contributed by atoms with van der Waals surface area (Å²) in [6.07, 6.45) is 2.94. The van der Waals surface area contributed by atoms with Crippen molar-refractivity contribution in [1.29, 1.82) is 0 Å². The van der Waals surface area contributed by atoms with E-state index in [-0.39, 0.29) is 10.1 Å². The highest BCUT2D eigenvalue weighted by Crippen LogP contribution is 2.31. The Balaban J connectivity index is 2.33. The molecule has 1 aromatic heterocycles. The number of anilines is 1. The van der Waals surface area contributed by atoms with Crippen LogP contribution in [-0.4, -0.2) is 32.5 Å². The van der Waals surface area contributed by atoms with Crippen molar-refractivity contribution in [2.24, 2.45) is 0 Å². The first-order valence-electron chi connectivity index (χ1n) is 6.45. The molecule has 2 aromatic carbocycles. The number of benzene rings is 2. The minimum absolute atomic E-state index is 0.0368. The molecule has 0 spiro atoms. The normalized spacial score (nSPS) is 11.7. The maximum Gasteiger partial charge on any atom is 0.240 e. The van der Waals surface area contributed by atoms with Crippen LogP contribution in [0.25, 0.3) is 10.8 Å². The number of nitrogens with zero attached hydrogens (tertiary/aromatic N) is 2. The third-order valence-electron chi connectivity index (χ3n) is 3.36. The molecule has 0 saturated carbocycles. The van der Waals surface area contributed by atoms with Crippen molar-refractivity contribution in [1.82, 2.24) is 9.97 Å². The lowest BCUT2D eigenvalue weighted by atomic mass is 10.1. The summed E-state index contributed by atoms with van der Waals surface area (Å²) in [6.45, 7) is 0. The Morgan fingerprint density at radius 1 is 1.05 bits per heavy atom. The topological polar surface area (TPSA) is 66.1 Å². The molecule has 3 rings (SSSR count). The van der Waals surface area contributed by atoms with Crippen molar-refractivity contribution in [3.8, 4) is 0 Å². The van der Waals surface area contributed by atoms with Crippen LogP contribution in [-0.2, 0) is 9.84 Å². The van der Waals surface area contributed by atoms with Gasteiger partial charge in [0.15, 0.2) is 0 Å². The summed E-state index contributed by atoms with van der Waals surface area (Å²) >= 11 is 0. The van der Waals surface area contributed by atoms with E-state index in [0.29, 0.717) is 5.39 Å². The number of rotatable bonds is 3. The van der Waals surface area contributed by atoms with E-state index in [1.807, 2.05) is 43.3 Å². The molecule has 5 nitrogen and oxygen atoms in total. The fraction of sp³-hybridized carbons (Fsp3) is 0.133. The molecule has 0 aliphatic carbocycles. The van der Waals surface area contributed by atoms with E-state index in [9.17, 15) is 8.42 Å². The van der Waals surface area contributed by atoms with Gasteiger partial charge in [0.25, 0.3) is 0 Å². The first kappa shape index (κ1) is 13.6. The van der Waals surface area contributed by atoms with Gasteiger partial charge in [0, 0.05) is 42.9 Å². The van der Waals surface area contributed by atoms with Gasteiger partial charge in [0.1, 0.15) is 0 Å². The van der Waals surface area contributed by atoms with Gasteiger partial charge in [-0.3, -0.25) is 0 Å². The highest BCUT2D eigenvalue weighted by atomic mass is 32.2. The van der Waals surface area contributed by atoms with Crippen LogP contribution in [0.1, 0.15) is 0 Å². The van der Waals surface area contributed by atoms with Crippen LogP contribution in [0.15, 0.2) is 58.8 Å². The van der Waals surface area contributed by atoms with Crippen molar-refractivity contribution in [3.05, 3.63) is 48.8 Å². The molecule has 0 atom stereocenters. The van der Waals surface area contributed by atoms with Crippen molar-refractivity contribution in [3.63, 3.8) is 0 Å². The number of nitrogens with one attached hydrogen (secondary N) is 1. The Hall–Kier alpha value is -2.34. The molecule has 0 radical (unpaired) electrons. The predicted molar refractivity (Wildman–Crippen MR) is 82.3 cm³/mol. The van der Waals surface area contributed by atoms with Crippen molar-refractivity contribution in [2.75, 3.05) is 19.0 Å². The summed E-state index contributed by atoms with van der Waals surface area (Å²) in [5, 5.41) is 1.56. The van der Waals surface area contributed by atoms with Crippen molar-refractivity contribution < 1.29 is 8.42 Å². The number of imidazole rings is 1. The first-order chi connectivity index (χ1) is 10.0. The SMILES string of the molecule is CN(C)c1cccc2c(S(=O)(=O)c3ncc[nH]3)cccc12. The van der Waals surface area contributed by atoms with Crippen LogP contribution >= 0.6 is 0 Å². The van der Waals surface area contributed by atoms with Gasteiger partial charge in [-0.1, -0.05) is 24.3 Å². The van der Waals surface area contributed by atoms with Crippen LogP contribution in [0.4, 0.5) is 5.69 Å². The Kier molecular flexibility index (Phi) is 3.17. The fourth-order valence-electron chi connectivity index (χ4n) is 2.39. The number of sulfone groups is 1. The maximum absolute atomic E-state index is 12.7. The molecule has 3 aromatic rings. The first-order valence-corrected chi connectivity index (χ1v) is 7.93. The van der Waals surface area contributed by atoms with Gasteiger partial charge < -0.3 is 9.88 Å². The molecule has 0 saturated heterocycles. The molecule has 0 amide bonds. The van der Waals surface area contributed by atoms with E-state index in [4.69, 9.17) is 0 Å². The summed E-state index contributed by atoms with van der Waals surface area (Å²) in [6, 6.07) is 10.9. The van der Waals surface area contributed by atoms with Gasteiger partial charge >= 0.3 is 0 Å². The van der Waals surface area contributed by atoms with E-state index >= 15 is 0 Å². The quantitative estimate of drug-likeness (QED) is 0.807. The van der Waals surface area contributed by atoms with E-state index in [2.05, 4.69) is 9.97 Å². The van der Waals surface area contributed by atoms with Crippen molar-refractivity contribution in [2.45, 2.75) is 10.1 Å². The minimum atomic E-state index is -3.65. The second-order valence-corrected chi connectivity index (χ2v) is 6.75. The molecule has 0 bridgehead atoms. The largest absolute Gasteiger partial charge is 0.377 e. The molecule has 21 heavy (non-hydrogen) atoms. The van der Waals surface area contributed by atoms with Gasteiger partial charge in [0.2, 0.25) is 15.0 Å². The molecule has 0 unspecified atom stereocenters. The summed E-state index contributed by atoms with van der Waals surface area (Å²) in [7, 11) is 0.216. The average molecular weight is 301 g/mol. The molecular formula is C15H15N3O2S. The molecule has 0 aliphatic heterocycles. The zero-order valence-corrected chi connectivity index (χ0v) is 12.6. The lowest BCUT2D eigenvalue weighted by Gasteiger charge is -2.16. The van der Waals surface area contributed by atoms with Crippen molar-refractivity contribution >= 4 is 26.3 Å². The average Bonchev–Trinajstić information content (AvgIpc) is 3.00. The zero-order valence-electron chi connectivity index (χ0n) is 11.7. The smallest absolute Gasteiger partial charge is 0.240 e. The third-order valence-corrected chi connectivity index (χ3v) is 5.03. The molecule has 0 aliphatic rings.